The van der Waals surface area contributed by atoms with Crippen molar-refractivity contribution >= 4 is 64.2 Å². The highest BCUT2D eigenvalue weighted by Crippen LogP contribution is 2.42. The number of pyridine rings is 1. The van der Waals surface area contributed by atoms with Crippen LogP contribution in [-0.2, 0) is 0 Å². The first-order valence-corrected chi connectivity index (χ1v) is 15.0. The van der Waals surface area contributed by atoms with Gasteiger partial charge in [-0.1, -0.05) is 109 Å². The minimum atomic E-state index is 1.03. The van der Waals surface area contributed by atoms with E-state index >= 15 is 0 Å². The van der Waals surface area contributed by atoms with Crippen LogP contribution < -0.4 is 0 Å². The summed E-state index contributed by atoms with van der Waals surface area (Å²) < 4.78 is 5.04. The van der Waals surface area contributed by atoms with Gasteiger partial charge in [-0.2, -0.15) is 0 Å². The van der Waals surface area contributed by atoms with Crippen LogP contribution in [0, 0.1) is 0 Å². The van der Waals surface area contributed by atoms with Crippen LogP contribution in [0.1, 0.15) is 0 Å². The van der Waals surface area contributed by atoms with Crippen LogP contribution in [0.15, 0.2) is 146 Å². The highest BCUT2D eigenvalue weighted by molar-refractivity contribution is 7.25. The Morgan fingerprint density at radius 2 is 1.14 bits per heavy atom. The Hall–Kier alpha value is -5.25. The van der Waals surface area contributed by atoms with Crippen LogP contribution in [0.4, 0.5) is 0 Å². The second-order valence-corrected chi connectivity index (χ2v) is 11.9. The fourth-order valence-corrected chi connectivity index (χ4v) is 7.61. The molecule has 0 atom stereocenters. The third kappa shape index (κ3) is 3.47. The summed E-state index contributed by atoms with van der Waals surface area (Å²) in [7, 11) is 0. The van der Waals surface area contributed by atoms with E-state index in [0.717, 1.165) is 22.3 Å². The Labute approximate surface area is 246 Å². The van der Waals surface area contributed by atoms with Crippen molar-refractivity contribution in [2.45, 2.75) is 0 Å². The number of hydrogen-bond acceptors (Lipinski definition) is 2. The summed E-state index contributed by atoms with van der Waals surface area (Å²) in [5.41, 5.74) is 9.24. The van der Waals surface area contributed by atoms with Gasteiger partial charge in [0.25, 0.3) is 0 Å². The minimum Gasteiger partial charge on any atom is -0.307 e. The largest absolute Gasteiger partial charge is 0.307 e. The Balaban J connectivity index is 1.41. The number of rotatable bonds is 3. The molecule has 0 bridgehead atoms. The number of thiophene rings is 1. The van der Waals surface area contributed by atoms with Gasteiger partial charge < -0.3 is 4.57 Å². The van der Waals surface area contributed by atoms with Crippen molar-refractivity contribution in [2.75, 3.05) is 0 Å². The molecule has 0 saturated carbocycles. The summed E-state index contributed by atoms with van der Waals surface area (Å²) >= 11 is 1.86. The third-order valence-electron chi connectivity index (χ3n) is 8.43. The lowest BCUT2D eigenvalue weighted by Crippen LogP contribution is -1.97. The standard InChI is InChI=1S/C39H24N2S/c1-3-11-25(12-4-1)27-21-36-39(40-24-27)33-22-32-31-17-9-10-18-37(31)42-38(32)23-35(33)41(36)34-20-19-28(26-13-5-2-6-14-26)29-15-7-8-16-30(29)34/h1-24H. The van der Waals surface area contributed by atoms with Crippen LogP contribution >= 0.6 is 11.3 Å². The molecular weight excluding hydrogens is 529 g/mol. The molecule has 0 fully saturated rings. The Morgan fingerprint density at radius 3 is 1.95 bits per heavy atom. The fraction of sp³-hybridized carbons (Fsp3) is 0. The molecule has 0 saturated heterocycles. The van der Waals surface area contributed by atoms with Gasteiger partial charge in [-0.05, 0) is 52.4 Å². The molecule has 3 heteroatoms. The molecule has 0 aliphatic heterocycles. The molecule has 0 spiro atoms. The van der Waals surface area contributed by atoms with E-state index in [1.165, 1.54) is 58.5 Å². The van der Waals surface area contributed by atoms with E-state index in [9.17, 15) is 0 Å². The third-order valence-corrected chi connectivity index (χ3v) is 9.57. The maximum atomic E-state index is 5.13. The van der Waals surface area contributed by atoms with E-state index in [0.29, 0.717) is 0 Å². The van der Waals surface area contributed by atoms with Crippen molar-refractivity contribution in [3.63, 3.8) is 0 Å². The molecule has 3 aromatic heterocycles. The van der Waals surface area contributed by atoms with Crippen LogP contribution in [0.5, 0.6) is 0 Å². The first kappa shape index (κ1) is 23.5. The Kier molecular flexibility index (Phi) is 5.10. The molecule has 42 heavy (non-hydrogen) atoms. The molecule has 0 unspecified atom stereocenters. The van der Waals surface area contributed by atoms with Gasteiger partial charge in [0.05, 0.1) is 22.2 Å². The van der Waals surface area contributed by atoms with Crippen molar-refractivity contribution < 1.29 is 0 Å². The molecule has 0 aliphatic carbocycles. The maximum Gasteiger partial charge on any atom is 0.0964 e. The molecule has 0 radical (unpaired) electrons. The van der Waals surface area contributed by atoms with E-state index in [1.807, 2.05) is 17.5 Å². The highest BCUT2D eigenvalue weighted by Gasteiger charge is 2.19. The predicted molar refractivity (Wildman–Crippen MR) is 180 cm³/mol. The topological polar surface area (TPSA) is 17.8 Å². The fourth-order valence-electron chi connectivity index (χ4n) is 6.49. The molecular formula is C39H24N2S. The highest BCUT2D eigenvalue weighted by atomic mass is 32.1. The molecule has 196 valence electrons. The number of benzene rings is 6. The number of nitrogens with zero attached hydrogens (tertiary/aromatic N) is 2. The average Bonchev–Trinajstić information content (AvgIpc) is 3.58. The van der Waals surface area contributed by atoms with Crippen molar-refractivity contribution in [3.8, 4) is 27.9 Å². The zero-order chi connectivity index (χ0) is 27.6. The van der Waals surface area contributed by atoms with Crippen molar-refractivity contribution in [3.05, 3.63) is 146 Å². The molecule has 0 amide bonds. The van der Waals surface area contributed by atoms with Gasteiger partial charge in [0, 0.05) is 42.7 Å². The predicted octanol–water partition coefficient (Wildman–Crippen LogP) is 11.0. The van der Waals surface area contributed by atoms with Gasteiger partial charge in [-0.3, -0.25) is 4.98 Å². The molecule has 9 aromatic rings. The second-order valence-electron chi connectivity index (χ2n) is 10.8. The van der Waals surface area contributed by atoms with Gasteiger partial charge in [0.2, 0.25) is 0 Å². The minimum absolute atomic E-state index is 1.03. The molecule has 0 aliphatic rings. The normalized spacial score (nSPS) is 11.8. The van der Waals surface area contributed by atoms with E-state index in [2.05, 4.69) is 144 Å². The van der Waals surface area contributed by atoms with E-state index in [1.54, 1.807) is 0 Å². The molecule has 2 nitrogen and oxygen atoms in total. The molecule has 3 heterocycles. The van der Waals surface area contributed by atoms with Gasteiger partial charge in [-0.15, -0.1) is 11.3 Å². The van der Waals surface area contributed by atoms with Crippen molar-refractivity contribution in [1.29, 1.82) is 0 Å². The van der Waals surface area contributed by atoms with Crippen LogP contribution in [0.25, 0.3) is 80.8 Å². The Bertz CT molecular complexity index is 2450. The second kappa shape index (κ2) is 9.13. The Morgan fingerprint density at radius 1 is 0.452 bits per heavy atom. The summed E-state index contributed by atoms with van der Waals surface area (Å²) in [5, 5.41) is 6.24. The van der Waals surface area contributed by atoms with Crippen molar-refractivity contribution in [1.82, 2.24) is 9.55 Å². The summed E-state index contributed by atoms with van der Waals surface area (Å²) in [4.78, 5) is 5.13. The summed E-state index contributed by atoms with van der Waals surface area (Å²) in [6, 6.07) is 50.3. The number of aromatic nitrogens is 2. The number of fused-ring (bicyclic) bond motifs is 7. The quantitative estimate of drug-likeness (QED) is 0.213. The maximum absolute atomic E-state index is 5.13. The van der Waals surface area contributed by atoms with Gasteiger partial charge in [0.15, 0.2) is 0 Å². The van der Waals surface area contributed by atoms with Gasteiger partial charge in [-0.25, -0.2) is 0 Å². The summed E-state index contributed by atoms with van der Waals surface area (Å²) in [6.45, 7) is 0. The zero-order valence-electron chi connectivity index (χ0n) is 22.7. The molecule has 0 N–H and O–H groups in total. The monoisotopic (exact) mass is 552 g/mol. The van der Waals surface area contributed by atoms with Gasteiger partial charge >= 0.3 is 0 Å². The lowest BCUT2D eigenvalue weighted by Gasteiger charge is -2.15. The first-order chi connectivity index (χ1) is 20.8. The first-order valence-electron chi connectivity index (χ1n) is 14.2. The number of hydrogen-bond donors (Lipinski definition) is 0. The van der Waals surface area contributed by atoms with Gasteiger partial charge in [0.1, 0.15) is 0 Å². The smallest absolute Gasteiger partial charge is 0.0964 e. The van der Waals surface area contributed by atoms with E-state index < -0.39 is 0 Å². The molecule has 9 rings (SSSR count). The van der Waals surface area contributed by atoms with Crippen LogP contribution in [-0.4, -0.2) is 9.55 Å². The lowest BCUT2D eigenvalue weighted by molar-refractivity contribution is 1.19. The zero-order valence-corrected chi connectivity index (χ0v) is 23.5. The van der Waals surface area contributed by atoms with E-state index in [4.69, 9.17) is 4.98 Å². The van der Waals surface area contributed by atoms with Crippen molar-refractivity contribution in [2.24, 2.45) is 0 Å². The summed E-state index contributed by atoms with van der Waals surface area (Å²) in [6.07, 6.45) is 2.02. The van der Waals surface area contributed by atoms with E-state index in [-0.39, 0.29) is 0 Å². The molecule has 6 aromatic carbocycles. The van der Waals surface area contributed by atoms with Crippen LogP contribution in [0.3, 0.4) is 0 Å². The summed E-state index contributed by atoms with van der Waals surface area (Å²) in [5.74, 6) is 0. The average molecular weight is 553 g/mol. The lowest BCUT2D eigenvalue weighted by atomic mass is 9.97. The SMILES string of the molecule is c1ccc(-c2cnc3c4cc5c(cc4n(-c4ccc(-c6ccccc6)c6ccccc46)c3c2)sc2ccccc25)cc1. The van der Waals surface area contributed by atoms with Crippen LogP contribution in [0.2, 0.25) is 0 Å².